The summed E-state index contributed by atoms with van der Waals surface area (Å²) in [6.07, 6.45) is 2.02. The number of anilines is 1. The summed E-state index contributed by atoms with van der Waals surface area (Å²) < 4.78 is 10.3. The molecule has 3 aromatic rings. The molecule has 2 aromatic carbocycles. The van der Waals surface area contributed by atoms with E-state index < -0.39 is 0 Å². The average Bonchev–Trinajstić information content (AvgIpc) is 3.25. The molecule has 7 nitrogen and oxygen atoms in total. The van der Waals surface area contributed by atoms with Gasteiger partial charge in [-0.25, -0.2) is 4.98 Å². The number of amides is 2. The van der Waals surface area contributed by atoms with E-state index in [1.165, 1.54) is 30.5 Å². The van der Waals surface area contributed by atoms with Crippen LogP contribution in [0.4, 0.5) is 5.13 Å². The second kappa shape index (κ2) is 10.1. The van der Waals surface area contributed by atoms with Gasteiger partial charge >= 0.3 is 0 Å². The van der Waals surface area contributed by atoms with E-state index in [2.05, 4.69) is 15.6 Å². The topological polar surface area (TPSA) is 89.5 Å². The highest BCUT2D eigenvalue weighted by Gasteiger charge is 2.13. The Labute approximate surface area is 182 Å². The van der Waals surface area contributed by atoms with E-state index in [0.29, 0.717) is 22.2 Å². The number of aromatic nitrogens is 1. The van der Waals surface area contributed by atoms with E-state index >= 15 is 0 Å². The summed E-state index contributed by atoms with van der Waals surface area (Å²) in [4.78, 5) is 30.1. The van der Waals surface area contributed by atoms with Gasteiger partial charge in [-0.2, -0.15) is 0 Å². The Balaban J connectivity index is 1.56. The molecule has 1 aromatic heterocycles. The van der Waals surface area contributed by atoms with Gasteiger partial charge in [-0.1, -0.05) is 12.1 Å². The van der Waals surface area contributed by atoms with Crippen LogP contribution < -0.4 is 20.1 Å². The zero-order valence-corrected chi connectivity index (χ0v) is 18.4. The molecule has 156 valence electrons. The largest absolute Gasteiger partial charge is 0.493 e. The first-order chi connectivity index (χ1) is 14.5. The first-order valence-electron chi connectivity index (χ1n) is 8.94. The number of nitrogens with one attached hydrogen (secondary N) is 2. The van der Waals surface area contributed by atoms with Crippen molar-refractivity contribution in [1.29, 1.82) is 0 Å². The molecule has 0 fully saturated rings. The van der Waals surface area contributed by atoms with Crippen molar-refractivity contribution in [3.05, 3.63) is 53.4 Å². The van der Waals surface area contributed by atoms with Crippen LogP contribution in [-0.4, -0.2) is 43.8 Å². The first-order valence-corrected chi connectivity index (χ1v) is 11.0. The Morgan fingerprint density at radius 3 is 2.47 bits per heavy atom. The van der Waals surface area contributed by atoms with Gasteiger partial charge in [-0.05, 0) is 36.6 Å². The van der Waals surface area contributed by atoms with Gasteiger partial charge in [0.15, 0.2) is 16.6 Å². The second-order valence-electron chi connectivity index (χ2n) is 6.07. The summed E-state index contributed by atoms with van der Waals surface area (Å²) in [6.45, 7) is -0.176. The maximum atomic E-state index is 12.3. The molecule has 0 spiro atoms. The van der Waals surface area contributed by atoms with Gasteiger partial charge in [-0.15, -0.1) is 23.1 Å². The summed E-state index contributed by atoms with van der Waals surface area (Å²) in [5.41, 5.74) is 2.13. The molecule has 9 heteroatoms. The molecule has 0 saturated heterocycles. The normalized spacial score (nSPS) is 10.4. The van der Waals surface area contributed by atoms with Crippen LogP contribution in [0.5, 0.6) is 11.5 Å². The number of carbonyl (C=O) groups is 2. The highest BCUT2D eigenvalue weighted by molar-refractivity contribution is 7.98. The quantitative estimate of drug-likeness (QED) is 0.513. The fourth-order valence-corrected chi connectivity index (χ4v) is 3.77. The first kappa shape index (κ1) is 21.7. The van der Waals surface area contributed by atoms with Crippen LogP contribution >= 0.6 is 23.1 Å². The Morgan fingerprint density at radius 2 is 1.80 bits per heavy atom. The van der Waals surface area contributed by atoms with Crippen molar-refractivity contribution in [3.8, 4) is 22.8 Å². The highest BCUT2D eigenvalue weighted by Crippen LogP contribution is 2.28. The smallest absolute Gasteiger partial charge is 0.251 e. The lowest BCUT2D eigenvalue weighted by Gasteiger charge is -2.10. The zero-order chi connectivity index (χ0) is 21.5. The number of methoxy groups -OCH3 is 2. The highest BCUT2D eigenvalue weighted by atomic mass is 32.2. The molecule has 0 bridgehead atoms. The van der Waals surface area contributed by atoms with Gasteiger partial charge < -0.3 is 20.1 Å². The molecule has 0 radical (unpaired) electrons. The molecule has 2 N–H and O–H groups in total. The van der Waals surface area contributed by atoms with Crippen LogP contribution in [-0.2, 0) is 4.79 Å². The van der Waals surface area contributed by atoms with Crippen LogP contribution in [0.2, 0.25) is 0 Å². The number of hydrogen-bond donors (Lipinski definition) is 2. The van der Waals surface area contributed by atoms with Crippen molar-refractivity contribution in [2.24, 2.45) is 0 Å². The minimum atomic E-state index is -0.389. The monoisotopic (exact) mass is 443 g/mol. The number of benzene rings is 2. The van der Waals surface area contributed by atoms with Crippen molar-refractivity contribution in [2.45, 2.75) is 4.90 Å². The van der Waals surface area contributed by atoms with Gasteiger partial charge in [0.2, 0.25) is 5.91 Å². The standard InChI is InChI=1S/C21H21N3O4S2/c1-27-17-9-6-14(10-18(17)28-2)20(26)22-11-19(25)24-21-23-16(12-30-21)13-4-7-15(29-3)8-5-13/h4-10,12H,11H2,1-3H3,(H,22,26)(H,23,24,25). The van der Waals surface area contributed by atoms with Gasteiger partial charge in [-0.3, -0.25) is 9.59 Å². The number of rotatable bonds is 8. The summed E-state index contributed by atoms with van der Waals surface area (Å²) in [5.74, 6) is 0.215. The van der Waals surface area contributed by atoms with Crippen molar-refractivity contribution in [1.82, 2.24) is 10.3 Å². The van der Waals surface area contributed by atoms with Gasteiger partial charge in [0.05, 0.1) is 26.5 Å². The minimum absolute atomic E-state index is 0.176. The predicted octanol–water partition coefficient (Wildman–Crippen LogP) is 3.92. The lowest BCUT2D eigenvalue weighted by molar-refractivity contribution is -0.115. The molecular formula is C21H21N3O4S2. The molecule has 0 atom stereocenters. The average molecular weight is 444 g/mol. The number of hydrogen-bond acceptors (Lipinski definition) is 7. The predicted molar refractivity (Wildman–Crippen MR) is 120 cm³/mol. The molecule has 30 heavy (non-hydrogen) atoms. The third kappa shape index (κ3) is 5.31. The second-order valence-corrected chi connectivity index (χ2v) is 7.80. The van der Waals surface area contributed by atoms with Crippen molar-refractivity contribution in [3.63, 3.8) is 0 Å². The molecule has 1 heterocycles. The van der Waals surface area contributed by atoms with Gasteiger partial charge in [0.1, 0.15) is 0 Å². The van der Waals surface area contributed by atoms with E-state index in [4.69, 9.17) is 9.47 Å². The number of ether oxygens (including phenoxy) is 2. The maximum Gasteiger partial charge on any atom is 0.251 e. The van der Waals surface area contributed by atoms with Crippen molar-refractivity contribution >= 4 is 40.0 Å². The van der Waals surface area contributed by atoms with Crippen molar-refractivity contribution < 1.29 is 19.1 Å². The molecular weight excluding hydrogens is 422 g/mol. The lowest BCUT2D eigenvalue weighted by Crippen LogP contribution is -2.32. The van der Waals surface area contributed by atoms with E-state index in [1.807, 2.05) is 35.9 Å². The van der Waals surface area contributed by atoms with Crippen LogP contribution in [0, 0.1) is 0 Å². The van der Waals surface area contributed by atoms with E-state index in [0.717, 1.165) is 11.3 Å². The van der Waals surface area contributed by atoms with Crippen LogP contribution in [0.25, 0.3) is 11.3 Å². The van der Waals surface area contributed by atoms with Gasteiger partial charge in [0, 0.05) is 21.4 Å². The van der Waals surface area contributed by atoms with Crippen LogP contribution in [0.15, 0.2) is 52.7 Å². The third-order valence-electron chi connectivity index (χ3n) is 4.19. The Kier molecular flexibility index (Phi) is 7.31. The molecule has 0 aliphatic carbocycles. The third-order valence-corrected chi connectivity index (χ3v) is 5.69. The van der Waals surface area contributed by atoms with Crippen LogP contribution in [0.1, 0.15) is 10.4 Å². The van der Waals surface area contributed by atoms with E-state index in [1.54, 1.807) is 30.0 Å². The van der Waals surface area contributed by atoms with Gasteiger partial charge in [0.25, 0.3) is 5.91 Å². The Bertz CT molecular complexity index is 1030. The molecule has 0 aliphatic heterocycles. The number of thiazole rings is 1. The molecule has 0 unspecified atom stereocenters. The van der Waals surface area contributed by atoms with Crippen LogP contribution in [0.3, 0.4) is 0 Å². The summed E-state index contributed by atoms with van der Waals surface area (Å²) in [5, 5.41) is 7.65. The van der Waals surface area contributed by atoms with E-state index in [-0.39, 0.29) is 18.4 Å². The molecule has 3 rings (SSSR count). The Hall–Kier alpha value is -3.04. The fourth-order valence-electron chi connectivity index (χ4n) is 2.63. The molecule has 2 amide bonds. The number of carbonyl (C=O) groups excluding carboxylic acids is 2. The number of thioether (sulfide) groups is 1. The lowest BCUT2D eigenvalue weighted by atomic mass is 10.2. The van der Waals surface area contributed by atoms with Crippen molar-refractivity contribution in [2.75, 3.05) is 32.3 Å². The minimum Gasteiger partial charge on any atom is -0.493 e. The van der Waals surface area contributed by atoms with E-state index in [9.17, 15) is 9.59 Å². The summed E-state index contributed by atoms with van der Waals surface area (Å²) in [6, 6.07) is 12.8. The number of nitrogens with zero attached hydrogens (tertiary/aromatic N) is 1. The summed E-state index contributed by atoms with van der Waals surface area (Å²) >= 11 is 3.00. The zero-order valence-electron chi connectivity index (χ0n) is 16.7. The molecule has 0 saturated carbocycles. The summed E-state index contributed by atoms with van der Waals surface area (Å²) in [7, 11) is 3.01. The fraction of sp³-hybridized carbons (Fsp3) is 0.190. The maximum absolute atomic E-state index is 12.3. The Morgan fingerprint density at radius 1 is 1.07 bits per heavy atom. The SMILES string of the molecule is COc1ccc(C(=O)NCC(=O)Nc2nc(-c3ccc(SC)cc3)cs2)cc1OC. The molecule has 0 aliphatic rings.